The van der Waals surface area contributed by atoms with Crippen LogP contribution < -0.4 is 10.6 Å². The molecule has 1 heterocycles. The number of thiocarbonyl (C=S) groups is 1. The Kier molecular flexibility index (Phi) is 5.94. The van der Waals surface area contributed by atoms with E-state index in [0.29, 0.717) is 16.4 Å². The summed E-state index contributed by atoms with van der Waals surface area (Å²) in [5, 5.41) is 16.4. The molecule has 0 radical (unpaired) electrons. The van der Waals surface area contributed by atoms with Crippen molar-refractivity contribution in [2.24, 2.45) is 0 Å². The molecule has 9 heteroatoms. The van der Waals surface area contributed by atoms with Crippen LogP contribution in [-0.2, 0) is 4.79 Å². The van der Waals surface area contributed by atoms with Crippen LogP contribution in [0.15, 0.2) is 48.7 Å². The maximum absolute atomic E-state index is 11.8. The summed E-state index contributed by atoms with van der Waals surface area (Å²) in [4.78, 5) is 26.0. The minimum Gasteiger partial charge on any atom is -0.317 e. The zero-order valence-corrected chi connectivity index (χ0v) is 13.7. The molecule has 1 amide bonds. The van der Waals surface area contributed by atoms with Crippen LogP contribution in [0.5, 0.6) is 0 Å². The summed E-state index contributed by atoms with van der Waals surface area (Å²) in [6, 6.07) is 9.15. The third kappa shape index (κ3) is 5.41. The number of non-ortho nitro benzene ring substituents is 1. The first-order valence-electron chi connectivity index (χ1n) is 6.60. The zero-order chi connectivity index (χ0) is 17.5. The monoisotopic (exact) mass is 362 g/mol. The molecule has 2 aromatic rings. The number of nitro benzene ring substituents is 1. The molecule has 0 aliphatic heterocycles. The van der Waals surface area contributed by atoms with Crippen molar-refractivity contribution in [3.8, 4) is 0 Å². The van der Waals surface area contributed by atoms with Gasteiger partial charge in [-0.2, -0.15) is 0 Å². The molecule has 2 rings (SSSR count). The predicted molar refractivity (Wildman–Crippen MR) is 95.7 cm³/mol. The van der Waals surface area contributed by atoms with Gasteiger partial charge in [0.25, 0.3) is 5.69 Å². The number of hydrogen-bond donors (Lipinski definition) is 2. The van der Waals surface area contributed by atoms with E-state index in [1.807, 2.05) is 0 Å². The molecule has 0 bridgehead atoms. The Morgan fingerprint density at radius 3 is 2.79 bits per heavy atom. The van der Waals surface area contributed by atoms with Crippen molar-refractivity contribution in [3.63, 3.8) is 0 Å². The molecule has 7 nitrogen and oxygen atoms in total. The third-order valence-electron chi connectivity index (χ3n) is 2.71. The highest BCUT2D eigenvalue weighted by Gasteiger charge is 2.05. The molecule has 1 aromatic heterocycles. The third-order valence-corrected chi connectivity index (χ3v) is 3.14. The van der Waals surface area contributed by atoms with Gasteiger partial charge in [0.2, 0.25) is 5.91 Å². The fourth-order valence-electron chi connectivity index (χ4n) is 1.66. The van der Waals surface area contributed by atoms with Crippen LogP contribution in [0, 0.1) is 10.1 Å². The average molecular weight is 363 g/mol. The van der Waals surface area contributed by atoms with Crippen molar-refractivity contribution in [2.75, 3.05) is 5.32 Å². The Morgan fingerprint density at radius 1 is 1.33 bits per heavy atom. The smallest absolute Gasteiger partial charge is 0.270 e. The van der Waals surface area contributed by atoms with Gasteiger partial charge in [-0.05, 0) is 36.0 Å². The highest BCUT2D eigenvalue weighted by atomic mass is 35.5. The summed E-state index contributed by atoms with van der Waals surface area (Å²) in [7, 11) is 0. The number of carbonyl (C=O) groups excluding carboxylic acids is 1. The standard InChI is InChI=1S/C15H11ClN4O3S/c16-11-5-6-13(17-9-11)18-15(24)19-14(21)7-4-10-2-1-3-12(8-10)20(22)23/h1-9H,(H2,17,18,19,21,24)/b7-4+. The molecule has 24 heavy (non-hydrogen) atoms. The van der Waals surface area contributed by atoms with E-state index >= 15 is 0 Å². The number of hydrogen-bond acceptors (Lipinski definition) is 5. The summed E-state index contributed by atoms with van der Waals surface area (Å²) >= 11 is 10.7. The molecule has 0 saturated carbocycles. The summed E-state index contributed by atoms with van der Waals surface area (Å²) in [6.07, 6.45) is 4.12. The normalized spacial score (nSPS) is 10.4. The first-order valence-corrected chi connectivity index (χ1v) is 7.39. The highest BCUT2D eigenvalue weighted by Crippen LogP contribution is 2.14. The van der Waals surface area contributed by atoms with E-state index < -0.39 is 10.8 Å². The molecule has 0 aliphatic rings. The molecule has 0 saturated heterocycles. The Bertz CT molecular complexity index is 809. The number of pyridine rings is 1. The maximum atomic E-state index is 11.8. The van der Waals surface area contributed by atoms with Gasteiger partial charge in [-0.1, -0.05) is 23.7 Å². The Hall–Kier alpha value is -2.84. The predicted octanol–water partition coefficient (Wildman–Crippen LogP) is 3.17. The van der Waals surface area contributed by atoms with Crippen LogP contribution in [0.1, 0.15) is 5.56 Å². The molecule has 0 aliphatic carbocycles. The van der Waals surface area contributed by atoms with E-state index in [1.54, 1.807) is 18.2 Å². The van der Waals surface area contributed by atoms with Crippen LogP contribution >= 0.6 is 23.8 Å². The summed E-state index contributed by atoms with van der Waals surface area (Å²) < 4.78 is 0. The average Bonchev–Trinajstić information content (AvgIpc) is 2.55. The van der Waals surface area contributed by atoms with Crippen molar-refractivity contribution in [2.45, 2.75) is 0 Å². The fraction of sp³-hybridized carbons (Fsp3) is 0. The van der Waals surface area contributed by atoms with E-state index in [0.717, 1.165) is 0 Å². The fourth-order valence-corrected chi connectivity index (χ4v) is 1.98. The van der Waals surface area contributed by atoms with Crippen molar-refractivity contribution < 1.29 is 9.72 Å². The largest absolute Gasteiger partial charge is 0.317 e. The molecule has 122 valence electrons. The van der Waals surface area contributed by atoms with Gasteiger partial charge in [0, 0.05) is 24.4 Å². The number of halogens is 1. The van der Waals surface area contributed by atoms with Crippen LogP contribution in [-0.4, -0.2) is 20.9 Å². The van der Waals surface area contributed by atoms with Crippen molar-refractivity contribution in [3.05, 3.63) is 69.4 Å². The van der Waals surface area contributed by atoms with Gasteiger partial charge >= 0.3 is 0 Å². The highest BCUT2D eigenvalue weighted by molar-refractivity contribution is 7.80. The first-order chi connectivity index (χ1) is 11.4. The van der Waals surface area contributed by atoms with E-state index in [-0.39, 0.29) is 10.8 Å². The molecule has 0 unspecified atom stereocenters. The molecular formula is C15H11ClN4O3S. The number of nitrogens with one attached hydrogen (secondary N) is 2. The number of carbonyl (C=O) groups is 1. The number of amides is 1. The second-order valence-electron chi connectivity index (χ2n) is 4.49. The van der Waals surface area contributed by atoms with Gasteiger partial charge in [0.15, 0.2) is 5.11 Å². The van der Waals surface area contributed by atoms with Crippen LogP contribution in [0.25, 0.3) is 6.08 Å². The number of anilines is 1. The van der Waals surface area contributed by atoms with E-state index in [1.165, 1.54) is 36.5 Å². The number of nitrogens with zero attached hydrogens (tertiary/aromatic N) is 2. The minimum atomic E-state index is -0.504. The Labute approximate surface area is 147 Å². The topological polar surface area (TPSA) is 97.2 Å². The molecule has 0 atom stereocenters. The number of benzene rings is 1. The lowest BCUT2D eigenvalue weighted by atomic mass is 10.2. The van der Waals surface area contributed by atoms with Crippen molar-refractivity contribution in [1.82, 2.24) is 10.3 Å². The molecule has 0 fully saturated rings. The van der Waals surface area contributed by atoms with Crippen molar-refractivity contribution in [1.29, 1.82) is 0 Å². The van der Waals surface area contributed by atoms with Crippen molar-refractivity contribution >= 4 is 52.4 Å². The quantitative estimate of drug-likeness (QED) is 0.375. The number of nitro groups is 1. The van der Waals surface area contributed by atoms with Crippen LogP contribution in [0.2, 0.25) is 5.02 Å². The Morgan fingerprint density at radius 2 is 2.12 bits per heavy atom. The number of rotatable bonds is 4. The van der Waals surface area contributed by atoms with E-state index in [9.17, 15) is 14.9 Å². The van der Waals surface area contributed by atoms with Gasteiger partial charge in [0.05, 0.1) is 9.95 Å². The van der Waals surface area contributed by atoms with Gasteiger partial charge in [0.1, 0.15) is 5.82 Å². The lowest BCUT2D eigenvalue weighted by Crippen LogP contribution is -2.33. The summed E-state index contributed by atoms with van der Waals surface area (Å²) in [6.45, 7) is 0. The van der Waals surface area contributed by atoms with Crippen LogP contribution in [0.3, 0.4) is 0 Å². The zero-order valence-electron chi connectivity index (χ0n) is 12.1. The Balaban J connectivity index is 1.92. The lowest BCUT2D eigenvalue weighted by molar-refractivity contribution is -0.384. The van der Waals surface area contributed by atoms with E-state index in [4.69, 9.17) is 23.8 Å². The molecule has 1 aromatic carbocycles. The second-order valence-corrected chi connectivity index (χ2v) is 5.34. The second kappa shape index (κ2) is 8.14. The molecule has 2 N–H and O–H groups in total. The van der Waals surface area contributed by atoms with Crippen LogP contribution in [0.4, 0.5) is 11.5 Å². The maximum Gasteiger partial charge on any atom is 0.270 e. The van der Waals surface area contributed by atoms with Gasteiger partial charge in [-0.15, -0.1) is 0 Å². The SMILES string of the molecule is O=C(/C=C/c1cccc([N+](=O)[O-])c1)NC(=S)Nc1ccc(Cl)cn1. The first kappa shape index (κ1) is 17.5. The number of aromatic nitrogens is 1. The van der Waals surface area contributed by atoms with E-state index in [2.05, 4.69) is 15.6 Å². The van der Waals surface area contributed by atoms with Gasteiger partial charge in [-0.3, -0.25) is 20.2 Å². The summed E-state index contributed by atoms with van der Waals surface area (Å²) in [5.74, 6) is -0.0414. The summed E-state index contributed by atoms with van der Waals surface area (Å²) in [5.41, 5.74) is 0.473. The van der Waals surface area contributed by atoms with Gasteiger partial charge in [-0.25, -0.2) is 4.98 Å². The molecular weight excluding hydrogens is 352 g/mol. The minimum absolute atomic E-state index is 0.0523. The lowest BCUT2D eigenvalue weighted by Gasteiger charge is -2.06. The molecule has 0 spiro atoms. The van der Waals surface area contributed by atoms with Gasteiger partial charge < -0.3 is 5.32 Å².